The number of rotatable bonds is 5. The Morgan fingerprint density at radius 1 is 1.03 bits per heavy atom. The summed E-state index contributed by atoms with van der Waals surface area (Å²) in [5.74, 6) is -0.287. The van der Waals surface area contributed by atoms with Crippen LogP contribution in [0.1, 0.15) is 17.3 Å². The molecule has 0 radical (unpaired) electrons. The fourth-order valence-corrected chi connectivity index (χ4v) is 3.05. The molecule has 5 nitrogen and oxygen atoms in total. The van der Waals surface area contributed by atoms with E-state index in [1.165, 1.54) is 12.1 Å². The number of ether oxygens (including phenoxy) is 1. The Balaban J connectivity index is 1.71. The van der Waals surface area contributed by atoms with Crippen LogP contribution < -0.4 is 10.1 Å². The standard InChI is InChI=1S/C23H17F2N3O2/c1-23(24,25)30-18-8-2-6-16(13-18)20-11-10-15-5-3-9-19(21(15)28-20)22(29)27-17-7-4-12-26-14-17/h2-14H,1H3,(H,27,29). The molecule has 4 aromatic rings. The molecule has 2 heterocycles. The van der Waals surface area contributed by atoms with Gasteiger partial charge in [-0.25, -0.2) is 4.98 Å². The molecule has 4 rings (SSSR count). The van der Waals surface area contributed by atoms with E-state index < -0.39 is 6.11 Å². The molecule has 0 aliphatic heterocycles. The molecule has 2 aromatic carbocycles. The maximum absolute atomic E-state index is 13.2. The van der Waals surface area contributed by atoms with Gasteiger partial charge < -0.3 is 10.1 Å². The van der Waals surface area contributed by atoms with Crippen molar-refractivity contribution in [3.8, 4) is 17.0 Å². The number of carbonyl (C=O) groups is 1. The zero-order valence-electron chi connectivity index (χ0n) is 16.0. The molecule has 0 saturated carbocycles. The van der Waals surface area contributed by atoms with E-state index in [4.69, 9.17) is 0 Å². The van der Waals surface area contributed by atoms with Crippen molar-refractivity contribution in [2.45, 2.75) is 13.0 Å². The maximum Gasteiger partial charge on any atom is 0.394 e. The zero-order valence-corrected chi connectivity index (χ0v) is 16.0. The molecule has 0 aliphatic rings. The van der Waals surface area contributed by atoms with E-state index in [-0.39, 0.29) is 11.7 Å². The lowest BCUT2D eigenvalue weighted by molar-refractivity contribution is -0.158. The van der Waals surface area contributed by atoms with E-state index in [1.807, 2.05) is 12.1 Å². The molecular formula is C23H17F2N3O2. The number of aromatic nitrogens is 2. The van der Waals surface area contributed by atoms with E-state index in [9.17, 15) is 13.6 Å². The predicted molar refractivity (Wildman–Crippen MR) is 111 cm³/mol. The van der Waals surface area contributed by atoms with Crippen molar-refractivity contribution >= 4 is 22.5 Å². The highest BCUT2D eigenvalue weighted by molar-refractivity contribution is 6.12. The Labute approximate surface area is 171 Å². The highest BCUT2D eigenvalue weighted by Crippen LogP contribution is 2.28. The summed E-state index contributed by atoms with van der Waals surface area (Å²) < 4.78 is 31.0. The molecular weight excluding hydrogens is 388 g/mol. The van der Waals surface area contributed by atoms with Gasteiger partial charge in [-0.15, -0.1) is 0 Å². The van der Waals surface area contributed by atoms with Crippen molar-refractivity contribution in [3.05, 3.63) is 84.7 Å². The fourth-order valence-electron chi connectivity index (χ4n) is 3.05. The van der Waals surface area contributed by atoms with E-state index >= 15 is 0 Å². The Hall–Kier alpha value is -3.87. The molecule has 0 aliphatic carbocycles. The molecule has 7 heteroatoms. The van der Waals surface area contributed by atoms with E-state index in [1.54, 1.807) is 54.9 Å². The summed E-state index contributed by atoms with van der Waals surface area (Å²) in [6.45, 7) is 0.682. The molecule has 0 saturated heterocycles. The average Bonchev–Trinajstić information content (AvgIpc) is 2.72. The molecule has 150 valence electrons. The summed E-state index contributed by atoms with van der Waals surface area (Å²) in [7, 11) is 0. The number of anilines is 1. The maximum atomic E-state index is 13.2. The summed E-state index contributed by atoms with van der Waals surface area (Å²) in [4.78, 5) is 21.4. The molecule has 0 unspecified atom stereocenters. The van der Waals surface area contributed by atoms with Crippen LogP contribution in [0.15, 0.2) is 79.1 Å². The Morgan fingerprint density at radius 3 is 2.63 bits per heavy atom. The second-order valence-electron chi connectivity index (χ2n) is 6.71. The SMILES string of the molecule is CC(F)(F)Oc1cccc(-c2ccc3cccc(C(=O)Nc4cccnc4)c3n2)c1. The van der Waals surface area contributed by atoms with Crippen LogP contribution in [0.25, 0.3) is 22.2 Å². The highest BCUT2D eigenvalue weighted by Gasteiger charge is 2.23. The lowest BCUT2D eigenvalue weighted by Crippen LogP contribution is -2.19. The summed E-state index contributed by atoms with van der Waals surface area (Å²) in [5.41, 5.74) is 2.60. The van der Waals surface area contributed by atoms with Crippen molar-refractivity contribution in [2.75, 3.05) is 5.32 Å². The number of benzene rings is 2. The van der Waals surface area contributed by atoms with Crippen LogP contribution in [0.2, 0.25) is 0 Å². The van der Waals surface area contributed by atoms with Crippen LogP contribution in [0.5, 0.6) is 5.75 Å². The largest absolute Gasteiger partial charge is 0.433 e. The normalized spacial score (nSPS) is 11.3. The number of nitrogens with one attached hydrogen (secondary N) is 1. The fraction of sp³-hybridized carbons (Fsp3) is 0.0870. The number of pyridine rings is 2. The van der Waals surface area contributed by atoms with Gasteiger partial charge in [0.15, 0.2) is 0 Å². The Bertz CT molecular complexity index is 1210. The molecule has 1 amide bonds. The van der Waals surface area contributed by atoms with Gasteiger partial charge in [-0.2, -0.15) is 8.78 Å². The first-order chi connectivity index (χ1) is 14.4. The summed E-state index contributed by atoms with van der Waals surface area (Å²) >= 11 is 0. The Kier molecular flexibility index (Phi) is 5.10. The first-order valence-corrected chi connectivity index (χ1v) is 9.17. The number of alkyl halides is 2. The van der Waals surface area contributed by atoms with Crippen LogP contribution in [0, 0.1) is 0 Å². The van der Waals surface area contributed by atoms with Crippen LogP contribution >= 0.6 is 0 Å². The van der Waals surface area contributed by atoms with Gasteiger partial charge in [0.2, 0.25) is 0 Å². The monoisotopic (exact) mass is 405 g/mol. The van der Waals surface area contributed by atoms with Gasteiger partial charge in [-0.1, -0.05) is 30.3 Å². The molecule has 30 heavy (non-hydrogen) atoms. The number of amides is 1. The number of hydrogen-bond donors (Lipinski definition) is 1. The minimum atomic E-state index is -3.28. The summed E-state index contributed by atoms with van der Waals surface area (Å²) in [5, 5.41) is 3.58. The number of nitrogens with zero attached hydrogens (tertiary/aromatic N) is 2. The van der Waals surface area contributed by atoms with Crippen molar-refractivity contribution in [1.82, 2.24) is 9.97 Å². The molecule has 0 atom stereocenters. The predicted octanol–water partition coefficient (Wildman–Crippen LogP) is 5.54. The van der Waals surface area contributed by atoms with Crippen LogP contribution in [0.4, 0.5) is 14.5 Å². The van der Waals surface area contributed by atoms with Gasteiger partial charge in [-0.05, 0) is 36.4 Å². The molecule has 0 spiro atoms. The minimum absolute atomic E-state index is 0.0319. The topological polar surface area (TPSA) is 64.1 Å². The average molecular weight is 405 g/mol. The number of para-hydroxylation sites is 1. The number of carbonyl (C=O) groups excluding carboxylic acids is 1. The third-order valence-corrected chi connectivity index (χ3v) is 4.31. The number of hydrogen-bond acceptors (Lipinski definition) is 4. The van der Waals surface area contributed by atoms with Crippen LogP contribution in [-0.4, -0.2) is 22.0 Å². The van der Waals surface area contributed by atoms with Gasteiger partial charge >= 0.3 is 6.11 Å². The highest BCUT2D eigenvalue weighted by atomic mass is 19.3. The minimum Gasteiger partial charge on any atom is -0.433 e. The third kappa shape index (κ3) is 4.41. The van der Waals surface area contributed by atoms with E-state index in [0.29, 0.717) is 34.9 Å². The zero-order chi connectivity index (χ0) is 21.1. The van der Waals surface area contributed by atoms with E-state index in [0.717, 1.165) is 5.39 Å². The van der Waals surface area contributed by atoms with Gasteiger partial charge in [-0.3, -0.25) is 9.78 Å². The second kappa shape index (κ2) is 7.87. The molecule has 2 aromatic heterocycles. The number of fused-ring (bicyclic) bond motifs is 1. The molecule has 0 fully saturated rings. The van der Waals surface area contributed by atoms with Crippen LogP contribution in [-0.2, 0) is 0 Å². The van der Waals surface area contributed by atoms with Crippen molar-refractivity contribution in [3.63, 3.8) is 0 Å². The number of halogens is 2. The molecule has 0 bridgehead atoms. The van der Waals surface area contributed by atoms with Gasteiger partial charge in [0.1, 0.15) is 5.75 Å². The van der Waals surface area contributed by atoms with Gasteiger partial charge in [0.05, 0.1) is 28.7 Å². The smallest absolute Gasteiger partial charge is 0.394 e. The quantitative estimate of drug-likeness (QED) is 0.473. The van der Waals surface area contributed by atoms with Gasteiger partial charge in [0.25, 0.3) is 5.91 Å². The van der Waals surface area contributed by atoms with E-state index in [2.05, 4.69) is 20.0 Å². The van der Waals surface area contributed by atoms with Gasteiger partial charge in [0, 0.05) is 24.1 Å². The third-order valence-electron chi connectivity index (χ3n) is 4.31. The lowest BCUT2D eigenvalue weighted by Gasteiger charge is -2.14. The first-order valence-electron chi connectivity index (χ1n) is 9.17. The van der Waals surface area contributed by atoms with Crippen molar-refractivity contribution < 1.29 is 18.3 Å². The second-order valence-corrected chi connectivity index (χ2v) is 6.71. The van der Waals surface area contributed by atoms with Crippen molar-refractivity contribution in [2.24, 2.45) is 0 Å². The lowest BCUT2D eigenvalue weighted by atomic mass is 10.1. The van der Waals surface area contributed by atoms with Crippen molar-refractivity contribution in [1.29, 1.82) is 0 Å². The molecule has 1 N–H and O–H groups in total. The first kappa shape index (κ1) is 19.4. The summed E-state index contributed by atoms with van der Waals surface area (Å²) in [6.07, 6.45) is -0.114. The van der Waals surface area contributed by atoms with Crippen LogP contribution in [0.3, 0.4) is 0 Å². The summed E-state index contributed by atoms with van der Waals surface area (Å²) in [6, 6.07) is 18.7. The Morgan fingerprint density at radius 2 is 1.87 bits per heavy atom.